The molecular weight excluding hydrogens is 422 g/mol. The Morgan fingerprint density at radius 2 is 1.93 bits per heavy atom. The Morgan fingerprint density at radius 1 is 1.13 bits per heavy atom. The third-order valence-electron chi connectivity index (χ3n) is 5.12. The van der Waals surface area contributed by atoms with Gasteiger partial charge in [0.2, 0.25) is 15.9 Å². The predicted octanol–water partition coefficient (Wildman–Crippen LogP) is 3.49. The number of anilines is 1. The number of hydrogen-bond donors (Lipinski definition) is 2. The minimum Gasteiger partial charge on any atom is -0.497 e. The lowest BCUT2D eigenvalue weighted by Crippen LogP contribution is -2.28. The lowest BCUT2D eigenvalue weighted by atomic mass is 9.92. The second-order valence-electron chi connectivity index (χ2n) is 7.19. The molecule has 4 rings (SSSR count). The van der Waals surface area contributed by atoms with Crippen LogP contribution in [-0.4, -0.2) is 33.0 Å². The van der Waals surface area contributed by atoms with E-state index in [4.69, 9.17) is 4.74 Å². The van der Waals surface area contributed by atoms with Gasteiger partial charge in [-0.3, -0.25) is 4.79 Å². The molecule has 0 radical (unpaired) electrons. The molecule has 0 saturated carbocycles. The topological polar surface area (TPSA) is 97.4 Å². The SMILES string of the molecule is COc1ccc2nc(NC(=O)CCNS(=O)(=O)c3ccc4c(c3)CCCC4)sc2c1. The van der Waals surface area contributed by atoms with Crippen LogP contribution in [0.3, 0.4) is 0 Å². The van der Waals surface area contributed by atoms with Crippen molar-refractivity contribution in [3.8, 4) is 5.75 Å². The minimum atomic E-state index is -3.65. The van der Waals surface area contributed by atoms with Gasteiger partial charge in [0, 0.05) is 13.0 Å². The molecule has 0 spiro atoms. The second-order valence-corrected chi connectivity index (χ2v) is 9.98. The lowest BCUT2D eigenvalue weighted by molar-refractivity contribution is -0.116. The normalized spacial score (nSPS) is 13.8. The van der Waals surface area contributed by atoms with Gasteiger partial charge in [0.25, 0.3) is 0 Å². The number of nitrogens with zero attached hydrogens (tertiary/aromatic N) is 1. The van der Waals surface area contributed by atoms with Crippen LogP contribution in [-0.2, 0) is 27.7 Å². The van der Waals surface area contributed by atoms with E-state index in [9.17, 15) is 13.2 Å². The highest BCUT2D eigenvalue weighted by molar-refractivity contribution is 7.89. The first-order valence-electron chi connectivity index (χ1n) is 9.80. The largest absolute Gasteiger partial charge is 0.497 e. The molecule has 158 valence electrons. The number of benzene rings is 2. The van der Waals surface area contributed by atoms with Crippen LogP contribution in [0.5, 0.6) is 5.75 Å². The van der Waals surface area contributed by atoms with Gasteiger partial charge in [0.15, 0.2) is 5.13 Å². The van der Waals surface area contributed by atoms with Crippen LogP contribution in [0.25, 0.3) is 10.2 Å². The van der Waals surface area contributed by atoms with Crippen LogP contribution in [0.15, 0.2) is 41.3 Å². The Bertz CT molecular complexity index is 1190. The van der Waals surface area contributed by atoms with Crippen LogP contribution in [0.1, 0.15) is 30.4 Å². The van der Waals surface area contributed by atoms with E-state index >= 15 is 0 Å². The van der Waals surface area contributed by atoms with Gasteiger partial charge in [0.1, 0.15) is 5.75 Å². The summed E-state index contributed by atoms with van der Waals surface area (Å²) in [6.45, 7) is 0.0178. The maximum absolute atomic E-state index is 12.6. The van der Waals surface area contributed by atoms with E-state index in [0.717, 1.165) is 47.2 Å². The summed E-state index contributed by atoms with van der Waals surface area (Å²) in [5, 5.41) is 3.20. The average Bonchev–Trinajstić information content (AvgIpc) is 3.14. The molecule has 0 saturated heterocycles. The van der Waals surface area contributed by atoms with Crippen LogP contribution in [0.4, 0.5) is 5.13 Å². The number of carbonyl (C=O) groups excluding carboxylic acids is 1. The summed E-state index contributed by atoms with van der Waals surface area (Å²) in [5.41, 5.74) is 3.10. The van der Waals surface area contributed by atoms with Crippen molar-refractivity contribution < 1.29 is 17.9 Å². The number of methoxy groups -OCH3 is 1. The van der Waals surface area contributed by atoms with Crippen molar-refractivity contribution in [2.24, 2.45) is 0 Å². The average molecular weight is 446 g/mol. The molecule has 2 aromatic carbocycles. The van der Waals surface area contributed by atoms with Crippen molar-refractivity contribution in [2.75, 3.05) is 19.0 Å². The smallest absolute Gasteiger partial charge is 0.240 e. The second kappa shape index (κ2) is 8.71. The van der Waals surface area contributed by atoms with Gasteiger partial charge in [-0.2, -0.15) is 0 Å². The Morgan fingerprint density at radius 3 is 2.73 bits per heavy atom. The molecule has 0 unspecified atom stereocenters. The Hall–Kier alpha value is -2.49. The van der Waals surface area contributed by atoms with E-state index in [0.29, 0.717) is 5.13 Å². The fourth-order valence-corrected chi connectivity index (χ4v) is 5.52. The maximum Gasteiger partial charge on any atom is 0.240 e. The highest BCUT2D eigenvalue weighted by atomic mass is 32.2. The molecule has 1 aromatic heterocycles. The van der Waals surface area contributed by atoms with E-state index < -0.39 is 10.0 Å². The molecule has 1 aliphatic rings. The molecular formula is C21H23N3O4S2. The van der Waals surface area contributed by atoms with Gasteiger partial charge in [-0.25, -0.2) is 18.1 Å². The number of carbonyl (C=O) groups is 1. The van der Waals surface area contributed by atoms with Crippen molar-refractivity contribution >= 4 is 42.6 Å². The molecule has 7 nitrogen and oxygen atoms in total. The van der Waals surface area contributed by atoms with Crippen LogP contribution >= 0.6 is 11.3 Å². The number of rotatable bonds is 7. The standard InChI is InChI=1S/C21H23N3O4S2/c1-28-16-7-9-18-19(13-16)29-21(23-18)24-20(25)10-11-22-30(26,27)17-8-6-14-4-2-3-5-15(14)12-17/h6-9,12-13,22H,2-5,10-11H2,1H3,(H,23,24,25). The Labute approximate surface area is 179 Å². The summed E-state index contributed by atoms with van der Waals surface area (Å²) in [4.78, 5) is 16.8. The summed E-state index contributed by atoms with van der Waals surface area (Å²) in [6.07, 6.45) is 4.16. The molecule has 3 aromatic rings. The van der Waals surface area contributed by atoms with Crippen molar-refractivity contribution in [3.05, 3.63) is 47.5 Å². The van der Waals surface area contributed by atoms with Gasteiger partial charge in [0.05, 0.1) is 22.2 Å². The third-order valence-corrected chi connectivity index (χ3v) is 7.51. The predicted molar refractivity (Wildman–Crippen MR) is 118 cm³/mol. The van der Waals surface area contributed by atoms with E-state index in [1.165, 1.54) is 16.9 Å². The summed E-state index contributed by atoms with van der Waals surface area (Å²) in [5.74, 6) is 0.426. The van der Waals surface area contributed by atoms with Crippen molar-refractivity contribution in [1.29, 1.82) is 0 Å². The van der Waals surface area contributed by atoms with Crippen LogP contribution in [0, 0.1) is 0 Å². The Balaban J connectivity index is 1.34. The van der Waals surface area contributed by atoms with Gasteiger partial charge < -0.3 is 10.1 Å². The molecule has 1 amide bonds. The molecule has 9 heteroatoms. The van der Waals surface area contributed by atoms with Gasteiger partial charge >= 0.3 is 0 Å². The number of nitrogens with one attached hydrogen (secondary N) is 2. The number of amides is 1. The number of thiazole rings is 1. The summed E-state index contributed by atoms with van der Waals surface area (Å²) < 4.78 is 33.8. The zero-order valence-electron chi connectivity index (χ0n) is 16.6. The lowest BCUT2D eigenvalue weighted by Gasteiger charge is -2.16. The van der Waals surface area contributed by atoms with Crippen LogP contribution < -0.4 is 14.8 Å². The number of aromatic nitrogens is 1. The van der Waals surface area contributed by atoms with E-state index in [-0.39, 0.29) is 23.8 Å². The molecule has 30 heavy (non-hydrogen) atoms. The van der Waals surface area contributed by atoms with E-state index in [1.807, 2.05) is 24.3 Å². The fourth-order valence-electron chi connectivity index (χ4n) is 3.53. The Kier molecular flexibility index (Phi) is 6.03. The van der Waals surface area contributed by atoms with E-state index in [2.05, 4.69) is 15.0 Å². The molecule has 0 bridgehead atoms. The number of hydrogen-bond acceptors (Lipinski definition) is 6. The first kappa shape index (κ1) is 20.8. The fraction of sp³-hybridized carbons (Fsp3) is 0.333. The molecule has 0 aliphatic heterocycles. The molecule has 0 atom stereocenters. The zero-order chi connectivity index (χ0) is 21.1. The number of sulfonamides is 1. The summed E-state index contributed by atoms with van der Waals surface area (Å²) >= 11 is 1.34. The number of fused-ring (bicyclic) bond motifs is 2. The number of aryl methyl sites for hydroxylation is 2. The van der Waals surface area contributed by atoms with Gasteiger partial charge in [-0.15, -0.1) is 0 Å². The van der Waals surface area contributed by atoms with Crippen molar-refractivity contribution in [2.45, 2.75) is 37.0 Å². The highest BCUT2D eigenvalue weighted by Gasteiger charge is 2.18. The summed E-state index contributed by atoms with van der Waals surface area (Å²) in [7, 11) is -2.05. The monoisotopic (exact) mass is 445 g/mol. The van der Waals surface area contributed by atoms with E-state index in [1.54, 1.807) is 19.2 Å². The molecule has 0 fully saturated rings. The zero-order valence-corrected chi connectivity index (χ0v) is 18.2. The van der Waals surface area contributed by atoms with Gasteiger partial charge in [-0.1, -0.05) is 17.4 Å². The van der Waals surface area contributed by atoms with Crippen LogP contribution in [0.2, 0.25) is 0 Å². The van der Waals surface area contributed by atoms with Crippen molar-refractivity contribution in [1.82, 2.24) is 9.71 Å². The quantitative estimate of drug-likeness (QED) is 0.580. The first-order chi connectivity index (χ1) is 14.4. The first-order valence-corrected chi connectivity index (χ1v) is 12.1. The third kappa shape index (κ3) is 4.63. The minimum absolute atomic E-state index is 0.0173. The highest BCUT2D eigenvalue weighted by Crippen LogP contribution is 2.29. The maximum atomic E-state index is 12.6. The van der Waals surface area contributed by atoms with Gasteiger partial charge in [-0.05, 0) is 67.1 Å². The summed E-state index contributed by atoms with van der Waals surface area (Å²) in [6, 6.07) is 10.8. The molecule has 1 heterocycles. The molecule has 1 aliphatic carbocycles. The molecule has 2 N–H and O–H groups in total. The number of ether oxygens (including phenoxy) is 1. The van der Waals surface area contributed by atoms with Crippen molar-refractivity contribution in [3.63, 3.8) is 0 Å².